The molecule has 2 heterocycles. The van der Waals surface area contributed by atoms with Crippen molar-refractivity contribution in [2.45, 2.75) is 38.4 Å². The van der Waals surface area contributed by atoms with Crippen LogP contribution in [0.2, 0.25) is 0 Å². The number of rotatable bonds is 5. The normalized spacial score (nSPS) is 17.5. The van der Waals surface area contributed by atoms with Gasteiger partial charge in [0, 0.05) is 48.4 Å². The summed E-state index contributed by atoms with van der Waals surface area (Å²) in [6.45, 7) is 5.43. The average Bonchev–Trinajstić information content (AvgIpc) is 2.88. The molecule has 1 aliphatic heterocycles. The quantitative estimate of drug-likeness (QED) is 0.814. The highest BCUT2D eigenvalue weighted by Gasteiger charge is 2.31. The maximum absolute atomic E-state index is 12.5. The molecule has 22 heavy (non-hydrogen) atoms. The predicted molar refractivity (Wildman–Crippen MR) is 90.7 cm³/mol. The van der Waals surface area contributed by atoms with E-state index in [4.69, 9.17) is 0 Å². The van der Waals surface area contributed by atoms with E-state index in [0.29, 0.717) is 0 Å². The standard InChI is InChI=1S/C14H21F3N2S.2ClH/c1-2-11-3-4-13(20-11)12(5-6-14(15,16)17)19-9-7-18-8-10-19;;/h3-4,12,18H,2,5-10H2,1H3;2*1H/t12-;;/m1../s1. The second-order valence-electron chi connectivity index (χ2n) is 5.11. The molecule has 1 aromatic heterocycles. The molecule has 1 atom stereocenters. The number of piperazine rings is 1. The van der Waals surface area contributed by atoms with Crippen molar-refractivity contribution in [1.82, 2.24) is 10.2 Å². The van der Waals surface area contributed by atoms with E-state index in [9.17, 15) is 13.2 Å². The summed E-state index contributed by atoms with van der Waals surface area (Å²) < 4.78 is 37.6. The van der Waals surface area contributed by atoms with E-state index >= 15 is 0 Å². The molecule has 8 heteroatoms. The first kappa shape index (κ1) is 22.0. The summed E-state index contributed by atoms with van der Waals surface area (Å²) in [5, 5.41) is 3.25. The van der Waals surface area contributed by atoms with Crippen LogP contribution in [-0.2, 0) is 6.42 Å². The maximum Gasteiger partial charge on any atom is 0.389 e. The third kappa shape index (κ3) is 6.62. The van der Waals surface area contributed by atoms with Crippen LogP contribution in [0, 0.1) is 0 Å². The minimum Gasteiger partial charge on any atom is -0.314 e. The van der Waals surface area contributed by atoms with Crippen LogP contribution >= 0.6 is 36.2 Å². The molecule has 1 saturated heterocycles. The van der Waals surface area contributed by atoms with Gasteiger partial charge in [-0.05, 0) is 25.0 Å². The smallest absolute Gasteiger partial charge is 0.314 e. The number of nitrogens with one attached hydrogen (secondary N) is 1. The Balaban J connectivity index is 0.00000220. The molecule has 0 bridgehead atoms. The highest BCUT2D eigenvalue weighted by Crippen LogP contribution is 2.35. The fourth-order valence-corrected chi connectivity index (χ4v) is 3.68. The molecule has 1 aromatic rings. The van der Waals surface area contributed by atoms with Crippen molar-refractivity contribution in [3.8, 4) is 0 Å². The zero-order chi connectivity index (χ0) is 14.6. The zero-order valence-electron chi connectivity index (χ0n) is 12.5. The van der Waals surface area contributed by atoms with Crippen molar-refractivity contribution in [2.75, 3.05) is 26.2 Å². The van der Waals surface area contributed by atoms with E-state index in [2.05, 4.69) is 17.1 Å². The molecule has 0 saturated carbocycles. The third-order valence-electron chi connectivity index (χ3n) is 3.65. The van der Waals surface area contributed by atoms with Crippen LogP contribution in [0.5, 0.6) is 0 Å². The van der Waals surface area contributed by atoms with E-state index < -0.39 is 12.6 Å². The molecule has 0 aliphatic carbocycles. The maximum atomic E-state index is 12.5. The minimum atomic E-state index is -4.07. The minimum absolute atomic E-state index is 0. The van der Waals surface area contributed by atoms with Crippen molar-refractivity contribution < 1.29 is 13.2 Å². The lowest BCUT2D eigenvalue weighted by Crippen LogP contribution is -2.45. The van der Waals surface area contributed by atoms with Crippen molar-refractivity contribution in [2.24, 2.45) is 0 Å². The Hall–Kier alpha value is -0.0100. The van der Waals surface area contributed by atoms with E-state index in [-0.39, 0.29) is 37.3 Å². The molecule has 1 fully saturated rings. The van der Waals surface area contributed by atoms with Crippen LogP contribution in [0.3, 0.4) is 0 Å². The summed E-state index contributed by atoms with van der Waals surface area (Å²) in [6, 6.07) is 3.96. The van der Waals surface area contributed by atoms with Gasteiger partial charge in [-0.15, -0.1) is 36.2 Å². The van der Waals surface area contributed by atoms with Crippen molar-refractivity contribution in [3.63, 3.8) is 0 Å². The first-order chi connectivity index (χ1) is 9.49. The first-order valence-corrected chi connectivity index (χ1v) is 7.91. The average molecular weight is 379 g/mol. The molecule has 0 spiro atoms. The summed E-state index contributed by atoms with van der Waals surface area (Å²) in [6.07, 6.45) is -3.68. The molecule has 0 unspecified atom stereocenters. The van der Waals surface area contributed by atoms with E-state index in [1.54, 1.807) is 11.3 Å². The topological polar surface area (TPSA) is 15.3 Å². The molecule has 1 N–H and O–H groups in total. The predicted octanol–water partition coefficient (Wildman–Crippen LogP) is 4.44. The molecule has 2 rings (SSSR count). The van der Waals surface area contributed by atoms with Gasteiger partial charge in [-0.25, -0.2) is 0 Å². The SMILES string of the molecule is CCc1ccc([C@@H](CCC(F)(F)F)N2CCNCC2)s1.Cl.Cl. The number of hydrogen-bond donors (Lipinski definition) is 1. The van der Waals surface area contributed by atoms with Gasteiger partial charge in [0.15, 0.2) is 0 Å². The summed E-state index contributed by atoms with van der Waals surface area (Å²) in [4.78, 5) is 4.51. The summed E-state index contributed by atoms with van der Waals surface area (Å²) >= 11 is 1.66. The Morgan fingerprint density at radius 3 is 2.36 bits per heavy atom. The highest BCUT2D eigenvalue weighted by molar-refractivity contribution is 7.12. The molecule has 2 nitrogen and oxygen atoms in total. The summed E-state index contributed by atoms with van der Waals surface area (Å²) in [5.74, 6) is 0. The van der Waals surface area contributed by atoms with Gasteiger partial charge < -0.3 is 5.32 Å². The van der Waals surface area contributed by atoms with Crippen LogP contribution in [0.25, 0.3) is 0 Å². The summed E-state index contributed by atoms with van der Waals surface area (Å²) in [5.41, 5.74) is 0. The number of alkyl halides is 3. The molecule has 1 aliphatic rings. The highest BCUT2D eigenvalue weighted by atomic mass is 35.5. The lowest BCUT2D eigenvalue weighted by molar-refractivity contribution is -0.138. The van der Waals surface area contributed by atoms with Gasteiger partial charge in [0.25, 0.3) is 0 Å². The Morgan fingerprint density at radius 1 is 1.23 bits per heavy atom. The number of hydrogen-bond acceptors (Lipinski definition) is 3. The number of thiophene rings is 1. The molecular weight excluding hydrogens is 356 g/mol. The van der Waals surface area contributed by atoms with Crippen LogP contribution in [0.4, 0.5) is 13.2 Å². The zero-order valence-corrected chi connectivity index (χ0v) is 14.9. The molecule has 0 aromatic carbocycles. The van der Waals surface area contributed by atoms with Gasteiger partial charge in [-0.2, -0.15) is 13.2 Å². The molecular formula is C14H23Cl2F3N2S. The molecule has 130 valence electrons. The lowest BCUT2D eigenvalue weighted by Gasteiger charge is -2.34. The van der Waals surface area contributed by atoms with Gasteiger partial charge in [0.1, 0.15) is 0 Å². The Morgan fingerprint density at radius 2 is 1.86 bits per heavy atom. The second kappa shape index (κ2) is 9.98. The van der Waals surface area contributed by atoms with Crippen molar-refractivity contribution >= 4 is 36.2 Å². The number of nitrogens with zero attached hydrogens (tertiary/aromatic N) is 1. The Labute approximate surface area is 146 Å². The number of halogens is 5. The van der Waals surface area contributed by atoms with Crippen molar-refractivity contribution in [1.29, 1.82) is 0 Å². The Bertz CT molecular complexity index is 420. The largest absolute Gasteiger partial charge is 0.389 e. The fraction of sp³-hybridized carbons (Fsp3) is 0.714. The first-order valence-electron chi connectivity index (χ1n) is 7.09. The molecule has 0 radical (unpaired) electrons. The van der Waals surface area contributed by atoms with Crippen LogP contribution in [0.15, 0.2) is 12.1 Å². The van der Waals surface area contributed by atoms with Crippen molar-refractivity contribution in [3.05, 3.63) is 21.9 Å². The lowest BCUT2D eigenvalue weighted by atomic mass is 10.1. The van der Waals surface area contributed by atoms with Crippen LogP contribution in [-0.4, -0.2) is 37.3 Å². The van der Waals surface area contributed by atoms with Gasteiger partial charge in [-0.1, -0.05) is 6.92 Å². The van der Waals surface area contributed by atoms with E-state index in [1.807, 2.05) is 12.1 Å². The van der Waals surface area contributed by atoms with E-state index in [1.165, 1.54) is 4.88 Å². The third-order valence-corrected chi connectivity index (χ3v) is 4.98. The Kier molecular flexibility index (Phi) is 9.98. The fourth-order valence-electron chi connectivity index (χ4n) is 2.56. The van der Waals surface area contributed by atoms with Gasteiger partial charge in [-0.3, -0.25) is 4.90 Å². The summed E-state index contributed by atoms with van der Waals surface area (Å²) in [7, 11) is 0. The van der Waals surface area contributed by atoms with Crippen LogP contribution in [0.1, 0.15) is 35.6 Å². The van der Waals surface area contributed by atoms with Gasteiger partial charge >= 0.3 is 6.18 Å². The monoisotopic (exact) mass is 378 g/mol. The molecule has 0 amide bonds. The van der Waals surface area contributed by atoms with E-state index in [0.717, 1.165) is 37.5 Å². The van der Waals surface area contributed by atoms with Gasteiger partial charge in [0.05, 0.1) is 0 Å². The number of aryl methyl sites for hydroxylation is 1. The van der Waals surface area contributed by atoms with Crippen LogP contribution < -0.4 is 5.32 Å². The van der Waals surface area contributed by atoms with Gasteiger partial charge in [0.2, 0.25) is 0 Å². The second-order valence-corrected chi connectivity index (χ2v) is 6.31.